The zero-order chi connectivity index (χ0) is 19.9. The number of carboxylic acid groups (broad SMARTS) is 1. The summed E-state index contributed by atoms with van der Waals surface area (Å²) in [7, 11) is 0. The van der Waals surface area contributed by atoms with Crippen LogP contribution >= 0.6 is 0 Å². The number of para-hydroxylation sites is 2. The highest BCUT2D eigenvalue weighted by Crippen LogP contribution is 2.27. The normalized spacial score (nSPS) is 10.9. The molecule has 0 aliphatic heterocycles. The molecule has 28 heavy (non-hydrogen) atoms. The number of nitrogen functional groups attached to an aromatic ring is 1. The minimum absolute atomic E-state index is 0.245. The first-order valence-electron chi connectivity index (χ1n) is 8.47. The number of nitrogens with one attached hydrogen (secondary N) is 1. The van der Waals surface area contributed by atoms with Gasteiger partial charge in [-0.25, -0.2) is 4.79 Å². The first kappa shape index (κ1) is 18.7. The summed E-state index contributed by atoms with van der Waals surface area (Å²) in [6.07, 6.45) is 1.37. The summed E-state index contributed by atoms with van der Waals surface area (Å²) >= 11 is 0. The fraction of sp³-hybridized carbons (Fsp3) is 0. The SMILES string of the molecule is Nc1ccccc1Oc1cccc(C=C(NC(=O)c2ccccc2)C(=O)O)c1. The van der Waals surface area contributed by atoms with Crippen LogP contribution in [-0.4, -0.2) is 17.0 Å². The molecule has 0 saturated carbocycles. The molecule has 0 fully saturated rings. The molecule has 0 unspecified atom stereocenters. The molecule has 140 valence electrons. The van der Waals surface area contributed by atoms with E-state index < -0.39 is 11.9 Å². The van der Waals surface area contributed by atoms with Crippen LogP contribution in [0.3, 0.4) is 0 Å². The Morgan fingerprint density at radius 1 is 0.929 bits per heavy atom. The van der Waals surface area contributed by atoms with Crippen molar-refractivity contribution in [3.05, 3.63) is 95.7 Å². The standard InChI is InChI=1S/C22H18N2O4/c23-18-11-4-5-12-20(18)28-17-10-6-7-15(13-17)14-19(22(26)27)24-21(25)16-8-2-1-3-9-16/h1-14H,23H2,(H,24,25)(H,26,27). The molecule has 0 aliphatic carbocycles. The highest BCUT2D eigenvalue weighted by atomic mass is 16.5. The van der Waals surface area contributed by atoms with Crippen molar-refractivity contribution in [1.29, 1.82) is 0 Å². The minimum Gasteiger partial charge on any atom is -0.477 e. The van der Waals surface area contributed by atoms with E-state index in [-0.39, 0.29) is 5.70 Å². The van der Waals surface area contributed by atoms with Crippen molar-refractivity contribution in [2.75, 3.05) is 5.73 Å². The lowest BCUT2D eigenvalue weighted by Gasteiger charge is -2.09. The average Bonchev–Trinajstić information content (AvgIpc) is 2.70. The first-order valence-corrected chi connectivity index (χ1v) is 8.47. The maximum atomic E-state index is 12.2. The zero-order valence-electron chi connectivity index (χ0n) is 14.8. The number of benzene rings is 3. The lowest BCUT2D eigenvalue weighted by Crippen LogP contribution is -2.27. The van der Waals surface area contributed by atoms with Gasteiger partial charge in [-0.05, 0) is 48.0 Å². The second-order valence-electron chi connectivity index (χ2n) is 5.90. The molecule has 0 aliphatic rings. The van der Waals surface area contributed by atoms with E-state index in [1.54, 1.807) is 78.9 Å². The van der Waals surface area contributed by atoms with Gasteiger partial charge < -0.3 is 20.9 Å². The number of nitrogens with two attached hydrogens (primary N) is 1. The van der Waals surface area contributed by atoms with Gasteiger partial charge in [0.1, 0.15) is 17.2 Å². The molecule has 4 N–H and O–H groups in total. The summed E-state index contributed by atoms with van der Waals surface area (Å²) in [5.41, 5.74) is 7.04. The van der Waals surface area contributed by atoms with Crippen molar-refractivity contribution in [3.63, 3.8) is 0 Å². The Bertz CT molecular complexity index is 1030. The summed E-state index contributed by atoms with van der Waals surface area (Å²) in [4.78, 5) is 23.8. The molecule has 0 radical (unpaired) electrons. The molecule has 0 saturated heterocycles. The molecule has 0 spiro atoms. The van der Waals surface area contributed by atoms with E-state index in [0.717, 1.165) is 0 Å². The van der Waals surface area contributed by atoms with Gasteiger partial charge in [0, 0.05) is 5.56 Å². The first-order chi connectivity index (χ1) is 13.5. The van der Waals surface area contributed by atoms with Crippen LogP contribution in [0.2, 0.25) is 0 Å². The molecule has 0 bridgehead atoms. The summed E-state index contributed by atoms with van der Waals surface area (Å²) in [6.45, 7) is 0. The van der Waals surface area contributed by atoms with Crippen LogP contribution in [0.4, 0.5) is 5.69 Å². The van der Waals surface area contributed by atoms with Crippen molar-refractivity contribution in [3.8, 4) is 11.5 Å². The van der Waals surface area contributed by atoms with Gasteiger partial charge >= 0.3 is 5.97 Å². The number of hydrogen-bond donors (Lipinski definition) is 3. The van der Waals surface area contributed by atoms with Crippen molar-refractivity contribution in [2.24, 2.45) is 0 Å². The Hall–Kier alpha value is -4.06. The summed E-state index contributed by atoms with van der Waals surface area (Å²) in [5.74, 6) is -0.758. The van der Waals surface area contributed by atoms with Crippen molar-refractivity contribution in [2.45, 2.75) is 0 Å². The number of amides is 1. The quantitative estimate of drug-likeness (QED) is 0.448. The number of carbonyl (C=O) groups is 2. The number of carboxylic acids is 1. The molecule has 3 aromatic carbocycles. The Balaban J connectivity index is 1.82. The Morgan fingerprint density at radius 3 is 2.36 bits per heavy atom. The van der Waals surface area contributed by atoms with Crippen LogP contribution in [0.5, 0.6) is 11.5 Å². The highest BCUT2D eigenvalue weighted by molar-refractivity contribution is 6.02. The van der Waals surface area contributed by atoms with Crippen molar-refractivity contribution < 1.29 is 19.4 Å². The molecule has 3 aromatic rings. The minimum atomic E-state index is -1.25. The van der Waals surface area contributed by atoms with E-state index in [1.807, 2.05) is 0 Å². The van der Waals surface area contributed by atoms with Crippen molar-refractivity contribution >= 4 is 23.6 Å². The van der Waals surface area contributed by atoms with E-state index in [1.165, 1.54) is 6.08 Å². The Morgan fingerprint density at radius 2 is 1.64 bits per heavy atom. The predicted octanol–water partition coefficient (Wildman–Crippen LogP) is 3.92. The number of rotatable bonds is 6. The fourth-order valence-corrected chi connectivity index (χ4v) is 2.47. The third-order valence-electron chi connectivity index (χ3n) is 3.83. The molecule has 0 heterocycles. The van der Waals surface area contributed by atoms with Gasteiger partial charge in [-0.2, -0.15) is 0 Å². The fourth-order valence-electron chi connectivity index (χ4n) is 2.47. The van der Waals surface area contributed by atoms with Gasteiger partial charge in [-0.15, -0.1) is 0 Å². The largest absolute Gasteiger partial charge is 0.477 e. The molecular formula is C22H18N2O4. The predicted molar refractivity (Wildman–Crippen MR) is 107 cm³/mol. The van der Waals surface area contributed by atoms with E-state index in [2.05, 4.69) is 5.32 Å². The molecule has 0 atom stereocenters. The van der Waals surface area contributed by atoms with Crippen LogP contribution in [0.1, 0.15) is 15.9 Å². The van der Waals surface area contributed by atoms with E-state index in [9.17, 15) is 14.7 Å². The Kier molecular flexibility index (Phi) is 5.72. The summed E-state index contributed by atoms with van der Waals surface area (Å²) in [5, 5.41) is 11.9. The molecule has 6 heteroatoms. The van der Waals surface area contributed by atoms with Crippen LogP contribution < -0.4 is 15.8 Å². The molecular weight excluding hydrogens is 356 g/mol. The van der Waals surface area contributed by atoms with Crippen LogP contribution in [-0.2, 0) is 4.79 Å². The van der Waals surface area contributed by atoms with Crippen LogP contribution in [0, 0.1) is 0 Å². The van der Waals surface area contributed by atoms with Crippen LogP contribution in [0.15, 0.2) is 84.6 Å². The number of anilines is 1. The van der Waals surface area contributed by atoms with Gasteiger partial charge in [0.2, 0.25) is 0 Å². The van der Waals surface area contributed by atoms with E-state index in [0.29, 0.717) is 28.3 Å². The molecule has 3 rings (SSSR count). The second-order valence-corrected chi connectivity index (χ2v) is 5.90. The topological polar surface area (TPSA) is 102 Å². The maximum Gasteiger partial charge on any atom is 0.352 e. The van der Waals surface area contributed by atoms with Gasteiger partial charge in [-0.1, -0.05) is 42.5 Å². The van der Waals surface area contributed by atoms with E-state index in [4.69, 9.17) is 10.5 Å². The third-order valence-corrected chi connectivity index (χ3v) is 3.83. The summed E-state index contributed by atoms with van der Waals surface area (Å²) in [6, 6.07) is 22.3. The number of aliphatic carboxylic acids is 1. The average molecular weight is 374 g/mol. The lowest BCUT2D eigenvalue weighted by atomic mass is 10.1. The summed E-state index contributed by atoms with van der Waals surface area (Å²) < 4.78 is 5.75. The third kappa shape index (κ3) is 4.76. The maximum absolute atomic E-state index is 12.2. The van der Waals surface area contributed by atoms with Gasteiger partial charge in [-0.3, -0.25) is 4.79 Å². The molecule has 0 aromatic heterocycles. The monoisotopic (exact) mass is 374 g/mol. The number of hydrogen-bond acceptors (Lipinski definition) is 4. The molecule has 1 amide bonds. The smallest absolute Gasteiger partial charge is 0.352 e. The van der Waals surface area contributed by atoms with Crippen LogP contribution in [0.25, 0.3) is 6.08 Å². The van der Waals surface area contributed by atoms with E-state index >= 15 is 0 Å². The van der Waals surface area contributed by atoms with Crippen molar-refractivity contribution in [1.82, 2.24) is 5.32 Å². The molecule has 6 nitrogen and oxygen atoms in total. The number of ether oxygens (including phenoxy) is 1. The zero-order valence-corrected chi connectivity index (χ0v) is 14.8. The number of carbonyl (C=O) groups excluding carboxylic acids is 1. The van der Waals surface area contributed by atoms with Gasteiger partial charge in [0.25, 0.3) is 5.91 Å². The van der Waals surface area contributed by atoms with Gasteiger partial charge in [0.05, 0.1) is 5.69 Å². The highest BCUT2D eigenvalue weighted by Gasteiger charge is 2.13. The Labute approximate surface area is 161 Å². The second kappa shape index (κ2) is 8.55. The lowest BCUT2D eigenvalue weighted by molar-refractivity contribution is -0.132. The van der Waals surface area contributed by atoms with Gasteiger partial charge in [0.15, 0.2) is 0 Å².